The first-order chi connectivity index (χ1) is 8.97. The third-order valence-corrected chi connectivity index (χ3v) is 5.34. The molecule has 0 amide bonds. The van der Waals surface area contributed by atoms with E-state index in [9.17, 15) is 8.42 Å². The standard InChI is InChI=1S/C13H17BrN2O2S/c1-3-7-16(8-4-2)19(17,18)13-9-11(10-15)5-6-12(13)14/h3-6,9H,1-2,7-8,10,15H2. The van der Waals surface area contributed by atoms with E-state index in [-0.39, 0.29) is 18.0 Å². The second kappa shape index (κ2) is 7.00. The van der Waals surface area contributed by atoms with Crippen molar-refractivity contribution in [2.24, 2.45) is 5.73 Å². The van der Waals surface area contributed by atoms with Crippen LogP contribution in [0.25, 0.3) is 0 Å². The molecule has 0 spiro atoms. The highest BCUT2D eigenvalue weighted by molar-refractivity contribution is 9.10. The molecule has 0 aliphatic heterocycles. The average Bonchev–Trinajstić information content (AvgIpc) is 2.39. The summed E-state index contributed by atoms with van der Waals surface area (Å²) in [7, 11) is -3.60. The average molecular weight is 345 g/mol. The van der Waals surface area contributed by atoms with Gasteiger partial charge in [0.25, 0.3) is 0 Å². The molecule has 104 valence electrons. The van der Waals surface area contributed by atoms with Crippen LogP contribution in [0.5, 0.6) is 0 Å². The molecule has 0 aliphatic carbocycles. The van der Waals surface area contributed by atoms with Crippen LogP contribution in [0.4, 0.5) is 0 Å². The summed E-state index contributed by atoms with van der Waals surface area (Å²) < 4.78 is 26.9. The molecule has 2 N–H and O–H groups in total. The van der Waals surface area contributed by atoms with Crippen LogP contribution in [0.3, 0.4) is 0 Å². The van der Waals surface area contributed by atoms with Gasteiger partial charge in [-0.3, -0.25) is 0 Å². The maximum Gasteiger partial charge on any atom is 0.244 e. The fourth-order valence-corrected chi connectivity index (χ4v) is 3.93. The molecule has 1 aromatic rings. The molecule has 0 aliphatic rings. The van der Waals surface area contributed by atoms with E-state index in [1.54, 1.807) is 30.4 Å². The number of nitrogens with two attached hydrogens (primary N) is 1. The minimum Gasteiger partial charge on any atom is -0.326 e. The van der Waals surface area contributed by atoms with Gasteiger partial charge in [-0.05, 0) is 33.6 Å². The second-order valence-electron chi connectivity index (χ2n) is 3.87. The third-order valence-electron chi connectivity index (χ3n) is 2.51. The number of hydrogen-bond donors (Lipinski definition) is 1. The summed E-state index contributed by atoms with van der Waals surface area (Å²) in [6.45, 7) is 7.90. The summed E-state index contributed by atoms with van der Waals surface area (Å²) in [5.41, 5.74) is 6.31. The molecule has 19 heavy (non-hydrogen) atoms. The number of hydrogen-bond acceptors (Lipinski definition) is 3. The van der Waals surface area contributed by atoms with Gasteiger partial charge in [-0.2, -0.15) is 4.31 Å². The van der Waals surface area contributed by atoms with Crippen molar-refractivity contribution < 1.29 is 8.42 Å². The van der Waals surface area contributed by atoms with Crippen molar-refractivity contribution >= 4 is 26.0 Å². The molecule has 0 saturated carbocycles. The molecule has 0 bridgehead atoms. The van der Waals surface area contributed by atoms with Crippen LogP contribution in [0.2, 0.25) is 0 Å². The summed E-state index contributed by atoms with van der Waals surface area (Å²) in [5, 5.41) is 0. The first-order valence-electron chi connectivity index (χ1n) is 5.67. The normalized spacial score (nSPS) is 11.5. The maximum absolute atomic E-state index is 12.6. The Morgan fingerprint density at radius 3 is 2.32 bits per heavy atom. The molecule has 1 aromatic carbocycles. The molecular formula is C13H17BrN2O2S. The van der Waals surface area contributed by atoms with Crippen LogP contribution < -0.4 is 5.73 Å². The Bertz CT molecular complexity index is 560. The Labute approximate surface area is 122 Å². The number of nitrogens with zero attached hydrogens (tertiary/aromatic N) is 1. The number of halogens is 1. The Kier molecular flexibility index (Phi) is 5.93. The topological polar surface area (TPSA) is 63.4 Å². The zero-order valence-corrected chi connectivity index (χ0v) is 13.0. The molecule has 1 rings (SSSR count). The first kappa shape index (κ1) is 16.1. The van der Waals surface area contributed by atoms with Gasteiger partial charge in [-0.1, -0.05) is 18.2 Å². The van der Waals surface area contributed by atoms with E-state index in [1.807, 2.05) is 0 Å². The van der Waals surface area contributed by atoms with Crippen LogP contribution in [0, 0.1) is 0 Å². The summed E-state index contributed by atoms with van der Waals surface area (Å²) in [6, 6.07) is 5.06. The zero-order chi connectivity index (χ0) is 14.5. The van der Waals surface area contributed by atoms with Crippen LogP contribution in [-0.2, 0) is 16.6 Å². The van der Waals surface area contributed by atoms with E-state index in [2.05, 4.69) is 29.1 Å². The lowest BCUT2D eigenvalue weighted by molar-refractivity contribution is 0.473. The van der Waals surface area contributed by atoms with Crippen molar-refractivity contribution in [3.8, 4) is 0 Å². The van der Waals surface area contributed by atoms with E-state index in [1.165, 1.54) is 4.31 Å². The largest absolute Gasteiger partial charge is 0.326 e. The Morgan fingerprint density at radius 2 is 1.84 bits per heavy atom. The molecule has 0 aromatic heterocycles. The quantitative estimate of drug-likeness (QED) is 0.771. The van der Waals surface area contributed by atoms with Gasteiger partial charge in [0.15, 0.2) is 0 Å². The van der Waals surface area contributed by atoms with Gasteiger partial charge < -0.3 is 5.73 Å². The highest BCUT2D eigenvalue weighted by Crippen LogP contribution is 2.26. The summed E-state index contributed by atoms with van der Waals surface area (Å²) in [4.78, 5) is 0.208. The molecule has 0 heterocycles. The van der Waals surface area contributed by atoms with Gasteiger partial charge in [0, 0.05) is 24.1 Å². The molecule has 0 radical (unpaired) electrons. The highest BCUT2D eigenvalue weighted by atomic mass is 79.9. The van der Waals surface area contributed by atoms with Crippen LogP contribution >= 0.6 is 15.9 Å². The van der Waals surface area contributed by atoms with Crippen LogP contribution in [0.1, 0.15) is 5.56 Å². The molecule has 0 unspecified atom stereocenters. The number of sulfonamides is 1. The predicted octanol–water partition coefficient (Wildman–Crippen LogP) is 2.27. The first-order valence-corrected chi connectivity index (χ1v) is 7.91. The van der Waals surface area contributed by atoms with Crippen molar-refractivity contribution in [2.75, 3.05) is 13.1 Å². The molecule has 6 heteroatoms. The minimum absolute atomic E-state index is 0.208. The van der Waals surface area contributed by atoms with Gasteiger partial charge in [0.2, 0.25) is 10.0 Å². The van der Waals surface area contributed by atoms with E-state index >= 15 is 0 Å². The molecule has 0 atom stereocenters. The summed E-state index contributed by atoms with van der Waals surface area (Å²) in [6.07, 6.45) is 3.09. The molecule has 0 saturated heterocycles. The van der Waals surface area contributed by atoms with E-state index in [4.69, 9.17) is 5.73 Å². The van der Waals surface area contributed by atoms with Crippen molar-refractivity contribution in [1.82, 2.24) is 4.31 Å². The zero-order valence-electron chi connectivity index (χ0n) is 10.5. The Hall–Kier alpha value is -0.950. The fraction of sp³-hybridized carbons (Fsp3) is 0.231. The van der Waals surface area contributed by atoms with E-state index in [0.29, 0.717) is 11.0 Å². The lowest BCUT2D eigenvalue weighted by Crippen LogP contribution is -2.31. The highest BCUT2D eigenvalue weighted by Gasteiger charge is 2.25. The van der Waals surface area contributed by atoms with Gasteiger partial charge in [-0.25, -0.2) is 8.42 Å². The van der Waals surface area contributed by atoms with Crippen molar-refractivity contribution in [1.29, 1.82) is 0 Å². The van der Waals surface area contributed by atoms with Crippen LogP contribution in [0.15, 0.2) is 52.9 Å². The number of rotatable bonds is 7. The monoisotopic (exact) mass is 344 g/mol. The molecule has 0 fully saturated rings. The van der Waals surface area contributed by atoms with Crippen molar-refractivity contribution in [3.05, 3.63) is 53.5 Å². The second-order valence-corrected chi connectivity index (χ2v) is 6.63. The lowest BCUT2D eigenvalue weighted by Gasteiger charge is -2.20. The minimum atomic E-state index is -3.60. The molecule has 4 nitrogen and oxygen atoms in total. The van der Waals surface area contributed by atoms with Crippen molar-refractivity contribution in [3.63, 3.8) is 0 Å². The van der Waals surface area contributed by atoms with Gasteiger partial charge in [0.05, 0.1) is 4.90 Å². The molecular weight excluding hydrogens is 328 g/mol. The number of benzene rings is 1. The SMILES string of the molecule is C=CCN(CC=C)S(=O)(=O)c1cc(CN)ccc1Br. The summed E-state index contributed by atoms with van der Waals surface area (Å²) in [5.74, 6) is 0. The van der Waals surface area contributed by atoms with E-state index in [0.717, 1.165) is 5.56 Å². The predicted molar refractivity (Wildman–Crippen MR) is 81.2 cm³/mol. The van der Waals surface area contributed by atoms with E-state index < -0.39 is 10.0 Å². The van der Waals surface area contributed by atoms with Crippen molar-refractivity contribution in [2.45, 2.75) is 11.4 Å². The van der Waals surface area contributed by atoms with Gasteiger partial charge in [-0.15, -0.1) is 13.2 Å². The Morgan fingerprint density at radius 1 is 1.26 bits per heavy atom. The van der Waals surface area contributed by atoms with Gasteiger partial charge >= 0.3 is 0 Å². The van der Waals surface area contributed by atoms with Gasteiger partial charge in [0.1, 0.15) is 0 Å². The summed E-state index contributed by atoms with van der Waals surface area (Å²) >= 11 is 3.27. The smallest absolute Gasteiger partial charge is 0.244 e. The Balaban J connectivity index is 3.31. The van der Waals surface area contributed by atoms with Crippen LogP contribution in [-0.4, -0.2) is 25.8 Å². The fourth-order valence-electron chi connectivity index (χ4n) is 1.57. The maximum atomic E-state index is 12.6. The third kappa shape index (κ3) is 3.76. The lowest BCUT2D eigenvalue weighted by atomic mass is 10.2.